The minimum atomic E-state index is -0.651. The van der Waals surface area contributed by atoms with Crippen LogP contribution in [0, 0.1) is 5.92 Å². The quantitative estimate of drug-likeness (QED) is 0.391. The SMILES string of the molecule is CC(C)(C)c1ccc(OC(=O)CNc2ncnc3c2nc2n3[C@@H]3C[C@@H](O)[C@H](CO)[C@@H]3O2)cc1. The number of imidazole rings is 1. The number of rotatable bonds is 5. The smallest absolute Gasteiger partial charge is 0.330 e. The Hall–Kier alpha value is -3.24. The molecule has 1 saturated carbocycles. The van der Waals surface area contributed by atoms with E-state index in [1.807, 2.05) is 16.7 Å². The molecule has 1 aliphatic carbocycles. The predicted molar refractivity (Wildman–Crippen MR) is 119 cm³/mol. The van der Waals surface area contributed by atoms with Gasteiger partial charge in [0.2, 0.25) is 0 Å². The summed E-state index contributed by atoms with van der Waals surface area (Å²) < 4.78 is 13.2. The number of aromatic nitrogens is 4. The molecule has 4 atom stereocenters. The zero-order valence-electron chi connectivity index (χ0n) is 18.7. The monoisotopic (exact) mass is 453 g/mol. The second-order valence-corrected chi connectivity index (χ2v) is 9.56. The number of carbonyl (C=O) groups excluding carboxylic acids is 1. The number of aliphatic hydroxyl groups excluding tert-OH is 2. The van der Waals surface area contributed by atoms with E-state index in [1.165, 1.54) is 6.33 Å². The van der Waals surface area contributed by atoms with Gasteiger partial charge < -0.3 is 25.0 Å². The molecule has 3 N–H and O–H groups in total. The van der Waals surface area contributed by atoms with Crippen molar-refractivity contribution in [2.45, 2.75) is 50.9 Å². The number of benzene rings is 1. The average Bonchev–Trinajstić information content (AvgIpc) is 3.39. The van der Waals surface area contributed by atoms with Crippen LogP contribution < -0.4 is 14.8 Å². The van der Waals surface area contributed by atoms with Crippen molar-refractivity contribution in [3.63, 3.8) is 0 Å². The number of nitrogens with one attached hydrogen (secondary N) is 1. The number of nitrogens with zero attached hydrogens (tertiary/aromatic N) is 4. The van der Waals surface area contributed by atoms with Gasteiger partial charge in [-0.25, -0.2) is 14.8 Å². The largest absolute Gasteiger partial charge is 0.459 e. The molecular formula is C23H27N5O5. The fraction of sp³-hybridized carbons (Fsp3) is 0.478. The van der Waals surface area contributed by atoms with Gasteiger partial charge in [-0.05, 0) is 29.5 Å². The van der Waals surface area contributed by atoms with Crippen LogP contribution in [0.2, 0.25) is 0 Å². The van der Waals surface area contributed by atoms with Gasteiger partial charge in [-0.1, -0.05) is 32.9 Å². The second-order valence-electron chi connectivity index (χ2n) is 9.56. The third-order valence-corrected chi connectivity index (χ3v) is 6.36. The summed E-state index contributed by atoms with van der Waals surface area (Å²) >= 11 is 0. The van der Waals surface area contributed by atoms with E-state index in [0.29, 0.717) is 35.2 Å². The maximum atomic E-state index is 12.4. The third-order valence-electron chi connectivity index (χ3n) is 6.36. The van der Waals surface area contributed by atoms with Gasteiger partial charge in [-0.3, -0.25) is 4.57 Å². The Morgan fingerprint density at radius 3 is 2.73 bits per heavy atom. The Balaban J connectivity index is 1.29. The Morgan fingerprint density at radius 2 is 2.03 bits per heavy atom. The number of aliphatic hydroxyl groups is 2. The summed E-state index contributed by atoms with van der Waals surface area (Å²) in [5.41, 5.74) is 2.19. The lowest BCUT2D eigenvalue weighted by atomic mass is 9.87. The maximum Gasteiger partial charge on any atom is 0.330 e. The number of carbonyl (C=O) groups is 1. The van der Waals surface area contributed by atoms with E-state index in [-0.39, 0.29) is 36.6 Å². The van der Waals surface area contributed by atoms with Crippen molar-refractivity contribution >= 4 is 23.0 Å². The zero-order chi connectivity index (χ0) is 23.3. The molecule has 1 fully saturated rings. The first-order valence-electron chi connectivity index (χ1n) is 11.0. The van der Waals surface area contributed by atoms with E-state index >= 15 is 0 Å². The molecule has 10 nitrogen and oxygen atoms in total. The lowest BCUT2D eigenvalue weighted by Crippen LogP contribution is -2.30. The van der Waals surface area contributed by atoms with E-state index in [0.717, 1.165) is 5.56 Å². The van der Waals surface area contributed by atoms with Gasteiger partial charge >= 0.3 is 5.97 Å². The Bertz CT molecular complexity index is 1190. The molecule has 0 bridgehead atoms. The van der Waals surface area contributed by atoms with Crippen LogP contribution in [0.1, 0.15) is 38.8 Å². The molecule has 10 heteroatoms. The summed E-state index contributed by atoms with van der Waals surface area (Å²) in [5, 5.41) is 22.8. The average molecular weight is 453 g/mol. The minimum absolute atomic E-state index is 0.0205. The van der Waals surface area contributed by atoms with Crippen molar-refractivity contribution in [1.29, 1.82) is 0 Å². The first-order valence-corrected chi connectivity index (χ1v) is 11.0. The predicted octanol–water partition coefficient (Wildman–Crippen LogP) is 1.82. The molecule has 1 aromatic carbocycles. The molecule has 5 rings (SSSR count). The summed E-state index contributed by atoms with van der Waals surface area (Å²) in [4.78, 5) is 25.4. The van der Waals surface area contributed by atoms with Gasteiger partial charge in [-0.15, -0.1) is 0 Å². The third kappa shape index (κ3) is 3.79. The fourth-order valence-electron chi connectivity index (χ4n) is 4.57. The van der Waals surface area contributed by atoms with Gasteiger partial charge in [0.1, 0.15) is 24.7 Å². The molecule has 1 aliphatic heterocycles. The van der Waals surface area contributed by atoms with Gasteiger partial charge in [0.05, 0.1) is 18.8 Å². The Labute approximate surface area is 190 Å². The van der Waals surface area contributed by atoms with Gasteiger partial charge in [-0.2, -0.15) is 4.98 Å². The summed E-state index contributed by atoms with van der Waals surface area (Å²) in [6, 6.07) is 7.67. The van der Waals surface area contributed by atoms with Crippen LogP contribution in [-0.2, 0) is 10.2 Å². The van der Waals surface area contributed by atoms with E-state index in [4.69, 9.17) is 9.47 Å². The molecule has 0 unspecified atom stereocenters. The first-order chi connectivity index (χ1) is 15.8. The molecule has 0 spiro atoms. The fourth-order valence-corrected chi connectivity index (χ4v) is 4.57. The van der Waals surface area contributed by atoms with Gasteiger partial charge in [0, 0.05) is 5.92 Å². The van der Waals surface area contributed by atoms with Crippen LogP contribution in [0.25, 0.3) is 11.2 Å². The number of esters is 1. The normalized spacial score (nSPS) is 23.8. The molecule has 33 heavy (non-hydrogen) atoms. The number of hydrogen-bond acceptors (Lipinski definition) is 9. The van der Waals surface area contributed by atoms with Gasteiger partial charge in [0.25, 0.3) is 6.01 Å². The van der Waals surface area contributed by atoms with E-state index in [9.17, 15) is 15.0 Å². The maximum absolute atomic E-state index is 12.4. The highest BCUT2D eigenvalue weighted by Crippen LogP contribution is 2.46. The topological polar surface area (TPSA) is 132 Å². The van der Waals surface area contributed by atoms with Crippen LogP contribution >= 0.6 is 0 Å². The molecule has 0 saturated heterocycles. The van der Waals surface area contributed by atoms with E-state index in [2.05, 4.69) is 41.0 Å². The Morgan fingerprint density at radius 1 is 1.27 bits per heavy atom. The number of hydrogen-bond donors (Lipinski definition) is 3. The molecule has 0 radical (unpaired) electrons. The van der Waals surface area contributed by atoms with E-state index in [1.54, 1.807) is 12.1 Å². The highest BCUT2D eigenvalue weighted by molar-refractivity contribution is 5.86. The summed E-state index contributed by atoms with van der Waals surface area (Å²) in [6.07, 6.45) is 0.838. The molecule has 3 aromatic rings. The van der Waals surface area contributed by atoms with E-state index < -0.39 is 12.1 Å². The summed E-state index contributed by atoms with van der Waals surface area (Å²) in [5.74, 6) is 0.0389. The minimum Gasteiger partial charge on any atom is -0.459 e. The lowest BCUT2D eigenvalue weighted by molar-refractivity contribution is -0.132. The molecule has 2 aliphatic rings. The number of ether oxygens (including phenoxy) is 2. The van der Waals surface area contributed by atoms with Crippen LogP contribution in [0.5, 0.6) is 11.8 Å². The highest BCUT2D eigenvalue weighted by Gasteiger charge is 2.51. The molecule has 2 aromatic heterocycles. The molecule has 3 heterocycles. The summed E-state index contributed by atoms with van der Waals surface area (Å²) in [7, 11) is 0. The van der Waals surface area contributed by atoms with Crippen molar-refractivity contribution in [3.05, 3.63) is 36.2 Å². The van der Waals surface area contributed by atoms with Gasteiger partial charge in [0.15, 0.2) is 17.0 Å². The van der Waals surface area contributed by atoms with Crippen molar-refractivity contribution in [3.8, 4) is 11.8 Å². The van der Waals surface area contributed by atoms with Crippen LogP contribution in [0.3, 0.4) is 0 Å². The molecule has 174 valence electrons. The van der Waals surface area contributed by atoms with Crippen LogP contribution in [0.4, 0.5) is 5.82 Å². The van der Waals surface area contributed by atoms with Crippen molar-refractivity contribution in [2.24, 2.45) is 5.92 Å². The molecule has 0 amide bonds. The van der Waals surface area contributed by atoms with Crippen molar-refractivity contribution < 1.29 is 24.5 Å². The van der Waals surface area contributed by atoms with Crippen LogP contribution in [-0.4, -0.2) is 61.1 Å². The number of anilines is 1. The van der Waals surface area contributed by atoms with Crippen molar-refractivity contribution in [2.75, 3.05) is 18.5 Å². The number of fused-ring (bicyclic) bond motifs is 5. The standard InChI is InChI=1S/C23H27N5O5/c1-23(2,3)12-4-6-13(7-5-12)32-17(31)9-24-20-18-21(26-11-25-20)28-15-8-16(30)14(10-29)19(15)33-22(28)27-18/h4-7,11,14-16,19,29-30H,8-10H2,1-3H3,(H,24,25,26)/t14-,15+,16+,19-/m0/s1. The first kappa shape index (κ1) is 21.6. The van der Waals surface area contributed by atoms with Crippen molar-refractivity contribution in [1.82, 2.24) is 19.5 Å². The van der Waals surface area contributed by atoms with Crippen LogP contribution in [0.15, 0.2) is 30.6 Å². The zero-order valence-corrected chi connectivity index (χ0v) is 18.7. The second kappa shape index (κ2) is 7.96. The molecular weight excluding hydrogens is 426 g/mol. The summed E-state index contributed by atoms with van der Waals surface area (Å²) in [6.45, 7) is 6.10. The Kier molecular flexibility index (Phi) is 5.21. The highest BCUT2D eigenvalue weighted by atomic mass is 16.5. The lowest BCUT2D eigenvalue weighted by Gasteiger charge is -2.19.